The second kappa shape index (κ2) is 4.60. The van der Waals surface area contributed by atoms with Gasteiger partial charge in [0.1, 0.15) is 0 Å². The summed E-state index contributed by atoms with van der Waals surface area (Å²) >= 11 is 4.02. The van der Waals surface area contributed by atoms with Crippen molar-refractivity contribution in [3.05, 3.63) is 37.9 Å². The highest BCUT2D eigenvalue weighted by atomic mass is 127. The molecule has 2 aromatic rings. The molecule has 0 radical (unpaired) electrons. The van der Waals surface area contributed by atoms with Crippen LogP contribution in [0.3, 0.4) is 0 Å². The van der Waals surface area contributed by atoms with Gasteiger partial charge in [0.25, 0.3) is 0 Å². The fourth-order valence-electron chi connectivity index (χ4n) is 1.45. The number of halogens is 1. The van der Waals surface area contributed by atoms with Crippen LogP contribution in [0, 0.1) is 2.88 Å². The van der Waals surface area contributed by atoms with E-state index in [1.807, 2.05) is 19.4 Å². The van der Waals surface area contributed by atoms with Gasteiger partial charge in [-0.15, -0.1) is 11.3 Å². The summed E-state index contributed by atoms with van der Waals surface area (Å²) in [5.41, 5.74) is 5.07. The van der Waals surface area contributed by atoms with E-state index in [0.717, 1.165) is 5.56 Å². The number of nitrogens with zero attached hydrogens (tertiary/aromatic N) is 2. The smallest absolute Gasteiger partial charge is 0.0749 e. The van der Waals surface area contributed by atoms with Crippen molar-refractivity contribution in [2.24, 2.45) is 12.9 Å². The van der Waals surface area contributed by atoms with Gasteiger partial charge < -0.3 is 0 Å². The van der Waals surface area contributed by atoms with E-state index in [1.165, 1.54) is 8.45 Å². The maximum atomic E-state index is 5.57. The van der Waals surface area contributed by atoms with Crippen molar-refractivity contribution in [2.75, 3.05) is 0 Å². The van der Waals surface area contributed by atoms with E-state index in [2.05, 4.69) is 44.6 Å². The van der Waals surface area contributed by atoms with E-state index in [4.69, 9.17) is 5.84 Å². The molecule has 2 heterocycles. The van der Waals surface area contributed by atoms with E-state index in [1.54, 1.807) is 16.0 Å². The summed E-state index contributed by atoms with van der Waals surface area (Å²) < 4.78 is 3.03. The molecule has 0 saturated heterocycles. The molecule has 80 valence electrons. The van der Waals surface area contributed by atoms with Crippen molar-refractivity contribution in [1.29, 1.82) is 0 Å². The van der Waals surface area contributed by atoms with Crippen LogP contribution in [0.15, 0.2) is 23.8 Å². The Hall–Kier alpha value is -0.440. The number of aryl methyl sites for hydroxylation is 1. The quantitative estimate of drug-likeness (QED) is 0.510. The zero-order chi connectivity index (χ0) is 10.8. The molecule has 0 bridgehead atoms. The Balaban J connectivity index is 2.32. The molecule has 4 nitrogen and oxygen atoms in total. The monoisotopic (exact) mass is 334 g/mol. The summed E-state index contributed by atoms with van der Waals surface area (Å²) in [4.78, 5) is 0. The summed E-state index contributed by atoms with van der Waals surface area (Å²) in [5.74, 6) is 5.57. The lowest BCUT2D eigenvalue weighted by Gasteiger charge is -2.11. The van der Waals surface area contributed by atoms with Crippen molar-refractivity contribution in [2.45, 2.75) is 6.04 Å². The minimum atomic E-state index is 0.0264. The van der Waals surface area contributed by atoms with Crippen LogP contribution in [0.2, 0.25) is 0 Å². The lowest BCUT2D eigenvalue weighted by atomic mass is 10.1. The zero-order valence-electron chi connectivity index (χ0n) is 8.14. The molecule has 0 aliphatic rings. The minimum Gasteiger partial charge on any atom is -0.275 e. The summed E-state index contributed by atoms with van der Waals surface area (Å²) in [6.07, 6.45) is 3.80. The summed E-state index contributed by atoms with van der Waals surface area (Å²) in [5, 5.41) is 6.25. The molecule has 2 aromatic heterocycles. The number of nitrogens with one attached hydrogen (secondary N) is 1. The fraction of sp³-hybridized carbons (Fsp3) is 0.222. The van der Waals surface area contributed by atoms with E-state index in [9.17, 15) is 0 Å². The molecule has 0 amide bonds. The van der Waals surface area contributed by atoms with Gasteiger partial charge >= 0.3 is 0 Å². The van der Waals surface area contributed by atoms with Gasteiger partial charge in [0, 0.05) is 18.8 Å². The maximum Gasteiger partial charge on any atom is 0.0749 e. The Morgan fingerprint density at radius 2 is 2.40 bits per heavy atom. The standard InChI is InChI=1S/C9H11IN4S/c1-14-4-7(3-12-14)9(13-11)6-2-8(10)15-5-6/h2-5,9,13H,11H2,1H3. The van der Waals surface area contributed by atoms with Gasteiger partial charge in [-0.25, -0.2) is 5.43 Å². The first-order valence-corrected chi connectivity index (χ1v) is 6.35. The zero-order valence-corrected chi connectivity index (χ0v) is 11.1. The van der Waals surface area contributed by atoms with Gasteiger partial charge in [-0.3, -0.25) is 10.5 Å². The maximum absolute atomic E-state index is 5.57. The molecule has 6 heteroatoms. The summed E-state index contributed by atoms with van der Waals surface area (Å²) in [6, 6.07) is 2.15. The first kappa shape index (κ1) is 11.1. The Kier molecular flexibility index (Phi) is 3.39. The van der Waals surface area contributed by atoms with Crippen LogP contribution in [0.5, 0.6) is 0 Å². The number of hydrogen-bond acceptors (Lipinski definition) is 4. The molecule has 0 saturated carbocycles. The number of nitrogens with two attached hydrogens (primary N) is 1. The molecule has 0 aromatic carbocycles. The second-order valence-corrected chi connectivity index (χ2v) is 6.04. The third-order valence-corrected chi connectivity index (χ3v) is 3.95. The molecule has 1 atom stereocenters. The van der Waals surface area contributed by atoms with Gasteiger partial charge in [0.2, 0.25) is 0 Å². The molecule has 1 unspecified atom stereocenters. The Morgan fingerprint density at radius 1 is 1.60 bits per heavy atom. The van der Waals surface area contributed by atoms with Crippen LogP contribution in [0.1, 0.15) is 17.2 Å². The van der Waals surface area contributed by atoms with Gasteiger partial charge in [0.05, 0.1) is 15.1 Å². The minimum absolute atomic E-state index is 0.0264. The Labute approximate surface area is 106 Å². The van der Waals surface area contributed by atoms with Crippen LogP contribution in [-0.4, -0.2) is 9.78 Å². The third-order valence-electron chi connectivity index (χ3n) is 2.15. The lowest BCUT2D eigenvalue weighted by Crippen LogP contribution is -2.28. The van der Waals surface area contributed by atoms with Gasteiger partial charge in [-0.1, -0.05) is 0 Å². The first-order chi connectivity index (χ1) is 7.20. The highest BCUT2D eigenvalue weighted by molar-refractivity contribution is 14.1. The summed E-state index contributed by atoms with van der Waals surface area (Å²) in [6.45, 7) is 0. The number of hydrogen-bond donors (Lipinski definition) is 2. The average molecular weight is 334 g/mol. The van der Waals surface area contributed by atoms with Crippen molar-refractivity contribution >= 4 is 33.9 Å². The number of rotatable bonds is 3. The highest BCUT2D eigenvalue weighted by Crippen LogP contribution is 2.26. The van der Waals surface area contributed by atoms with Crippen molar-refractivity contribution in [3.63, 3.8) is 0 Å². The van der Waals surface area contributed by atoms with Crippen molar-refractivity contribution in [3.8, 4) is 0 Å². The molecule has 0 spiro atoms. The summed E-state index contributed by atoms with van der Waals surface area (Å²) in [7, 11) is 1.90. The van der Waals surface area contributed by atoms with E-state index in [0.29, 0.717) is 0 Å². The van der Waals surface area contributed by atoms with Crippen molar-refractivity contribution in [1.82, 2.24) is 15.2 Å². The molecule has 15 heavy (non-hydrogen) atoms. The van der Waals surface area contributed by atoms with Gasteiger partial charge in [-0.05, 0) is 39.6 Å². The Bertz CT molecular complexity index is 410. The number of thiophene rings is 1. The second-order valence-electron chi connectivity index (χ2n) is 3.23. The molecule has 3 N–H and O–H groups in total. The lowest BCUT2D eigenvalue weighted by molar-refractivity contribution is 0.637. The van der Waals surface area contributed by atoms with E-state index in [-0.39, 0.29) is 6.04 Å². The van der Waals surface area contributed by atoms with Crippen LogP contribution >= 0.6 is 33.9 Å². The topological polar surface area (TPSA) is 55.9 Å². The van der Waals surface area contributed by atoms with Crippen LogP contribution in [0.25, 0.3) is 0 Å². The van der Waals surface area contributed by atoms with Crippen LogP contribution in [0.4, 0.5) is 0 Å². The normalized spacial score (nSPS) is 13.0. The van der Waals surface area contributed by atoms with Crippen molar-refractivity contribution < 1.29 is 0 Å². The SMILES string of the molecule is Cn1cc(C(NN)c2csc(I)c2)cn1. The molecule has 0 fully saturated rings. The first-order valence-electron chi connectivity index (χ1n) is 4.39. The predicted octanol–water partition coefficient (Wildman–Crippen LogP) is 1.64. The van der Waals surface area contributed by atoms with Crippen LogP contribution < -0.4 is 11.3 Å². The highest BCUT2D eigenvalue weighted by Gasteiger charge is 2.15. The average Bonchev–Trinajstić information content (AvgIpc) is 2.78. The van der Waals surface area contributed by atoms with Gasteiger partial charge in [0.15, 0.2) is 0 Å². The van der Waals surface area contributed by atoms with Gasteiger partial charge in [-0.2, -0.15) is 5.10 Å². The molecule has 2 rings (SSSR count). The van der Waals surface area contributed by atoms with E-state index >= 15 is 0 Å². The largest absolute Gasteiger partial charge is 0.275 e. The number of aromatic nitrogens is 2. The van der Waals surface area contributed by atoms with Crippen LogP contribution in [-0.2, 0) is 7.05 Å². The van der Waals surface area contributed by atoms with E-state index < -0.39 is 0 Å². The Morgan fingerprint density at radius 3 is 2.87 bits per heavy atom. The molecular formula is C9H11IN4S. The number of hydrazine groups is 1. The molecule has 0 aliphatic heterocycles. The predicted molar refractivity (Wildman–Crippen MR) is 69.4 cm³/mol. The fourth-order valence-corrected chi connectivity index (χ4v) is 2.85. The molecule has 0 aliphatic carbocycles. The molecular weight excluding hydrogens is 323 g/mol. The third kappa shape index (κ3) is 2.39.